The van der Waals surface area contributed by atoms with E-state index >= 15 is 0 Å². The van der Waals surface area contributed by atoms with Gasteiger partial charge in [0.25, 0.3) is 0 Å². The van der Waals surface area contributed by atoms with Crippen LogP contribution >= 0.6 is 0 Å². The lowest BCUT2D eigenvalue weighted by Crippen LogP contribution is -2.13. The third-order valence-electron chi connectivity index (χ3n) is 2.08. The van der Waals surface area contributed by atoms with Crippen LogP contribution in [0.1, 0.15) is 16.9 Å². The van der Waals surface area contributed by atoms with Gasteiger partial charge in [0.2, 0.25) is 0 Å². The highest BCUT2D eigenvalue weighted by Crippen LogP contribution is 2.02. The van der Waals surface area contributed by atoms with Gasteiger partial charge in [-0.25, -0.2) is 9.78 Å². The van der Waals surface area contributed by atoms with E-state index in [-0.39, 0.29) is 12.3 Å². The number of ether oxygens (including phenoxy) is 3. The molecule has 0 saturated carbocycles. The molecule has 1 aromatic heterocycles. The summed E-state index contributed by atoms with van der Waals surface area (Å²) in [5, 5.41) is 0. The minimum absolute atomic E-state index is 0.197. The van der Waals surface area contributed by atoms with Gasteiger partial charge in [-0.3, -0.25) is 0 Å². The van der Waals surface area contributed by atoms with Crippen molar-refractivity contribution < 1.29 is 19.0 Å². The molecular weight excluding hydrogens is 236 g/mol. The first-order chi connectivity index (χ1) is 8.74. The number of pyridine rings is 1. The number of carbonyl (C=O) groups is 1. The van der Waals surface area contributed by atoms with Crippen molar-refractivity contribution in [1.29, 1.82) is 0 Å². The van der Waals surface area contributed by atoms with Gasteiger partial charge in [-0.2, -0.15) is 0 Å². The largest absolute Gasteiger partial charge is 0.459 e. The van der Waals surface area contributed by atoms with Crippen LogP contribution in [-0.4, -0.2) is 44.5 Å². The van der Waals surface area contributed by atoms with Crippen LogP contribution < -0.4 is 5.73 Å². The number of anilines is 1. The molecule has 0 atom stereocenters. The third-order valence-corrected chi connectivity index (χ3v) is 2.08. The smallest absolute Gasteiger partial charge is 0.357 e. The predicted molar refractivity (Wildman–Crippen MR) is 66.2 cm³/mol. The first-order valence-corrected chi connectivity index (χ1v) is 5.70. The fourth-order valence-electron chi connectivity index (χ4n) is 1.24. The van der Waals surface area contributed by atoms with Gasteiger partial charge in [-0.15, -0.1) is 0 Å². The number of aromatic nitrogens is 1. The van der Waals surface area contributed by atoms with Gasteiger partial charge in [0, 0.05) is 20.3 Å². The second kappa shape index (κ2) is 8.43. The van der Waals surface area contributed by atoms with Crippen molar-refractivity contribution in [2.75, 3.05) is 39.3 Å². The summed E-state index contributed by atoms with van der Waals surface area (Å²) >= 11 is 0. The molecule has 0 aliphatic rings. The Hall–Kier alpha value is -1.66. The van der Waals surface area contributed by atoms with Crippen LogP contribution in [-0.2, 0) is 14.2 Å². The van der Waals surface area contributed by atoms with E-state index in [1.165, 1.54) is 0 Å². The van der Waals surface area contributed by atoms with Crippen molar-refractivity contribution in [1.82, 2.24) is 4.98 Å². The second-order valence-corrected chi connectivity index (χ2v) is 3.54. The number of rotatable bonds is 8. The molecule has 0 unspecified atom stereocenters. The zero-order valence-corrected chi connectivity index (χ0v) is 10.4. The van der Waals surface area contributed by atoms with Crippen LogP contribution in [0, 0.1) is 0 Å². The summed E-state index contributed by atoms with van der Waals surface area (Å²) in [7, 11) is 1.64. The fraction of sp³-hybridized carbons (Fsp3) is 0.500. The molecule has 0 aliphatic heterocycles. The maximum absolute atomic E-state index is 11.5. The zero-order valence-electron chi connectivity index (χ0n) is 10.4. The normalized spacial score (nSPS) is 10.3. The van der Waals surface area contributed by atoms with Gasteiger partial charge in [-0.1, -0.05) is 6.07 Å². The number of nitrogens with two attached hydrogens (primary N) is 1. The van der Waals surface area contributed by atoms with Crippen molar-refractivity contribution in [3.05, 3.63) is 23.9 Å². The summed E-state index contributed by atoms with van der Waals surface area (Å²) in [4.78, 5) is 15.4. The van der Waals surface area contributed by atoms with Gasteiger partial charge in [0.05, 0.1) is 6.61 Å². The highest BCUT2D eigenvalue weighted by Gasteiger charge is 2.08. The first kappa shape index (κ1) is 14.4. The van der Waals surface area contributed by atoms with Gasteiger partial charge in [0.1, 0.15) is 12.4 Å². The number of carbonyl (C=O) groups excluding carboxylic acids is 1. The van der Waals surface area contributed by atoms with Crippen LogP contribution in [0.15, 0.2) is 18.2 Å². The van der Waals surface area contributed by atoms with Crippen LogP contribution in [0.25, 0.3) is 0 Å². The van der Waals surface area contributed by atoms with E-state index < -0.39 is 5.97 Å². The van der Waals surface area contributed by atoms with Crippen molar-refractivity contribution in [3.63, 3.8) is 0 Å². The van der Waals surface area contributed by atoms with E-state index in [2.05, 4.69) is 4.98 Å². The molecule has 0 saturated heterocycles. The van der Waals surface area contributed by atoms with E-state index in [0.29, 0.717) is 25.6 Å². The highest BCUT2D eigenvalue weighted by molar-refractivity contribution is 5.87. The third kappa shape index (κ3) is 5.60. The molecule has 1 heterocycles. The fourth-order valence-corrected chi connectivity index (χ4v) is 1.24. The Morgan fingerprint density at radius 2 is 2.11 bits per heavy atom. The summed E-state index contributed by atoms with van der Waals surface area (Å²) in [6, 6.07) is 4.81. The standard InChI is InChI=1S/C12H18N2O4/c1-16-6-3-7-17-8-9-18-12(15)10-4-2-5-11(13)14-10/h2,4-5H,3,6-9H2,1H3,(H2,13,14). The summed E-state index contributed by atoms with van der Waals surface area (Å²) in [6.45, 7) is 1.80. The van der Waals surface area contributed by atoms with Crippen LogP contribution in [0.2, 0.25) is 0 Å². The topological polar surface area (TPSA) is 83.7 Å². The molecule has 100 valence electrons. The lowest BCUT2D eigenvalue weighted by atomic mass is 10.3. The quantitative estimate of drug-likeness (QED) is 0.547. The maximum Gasteiger partial charge on any atom is 0.357 e. The average Bonchev–Trinajstić information content (AvgIpc) is 2.37. The Kier molecular flexibility index (Phi) is 6.75. The van der Waals surface area contributed by atoms with E-state index in [4.69, 9.17) is 19.9 Å². The molecule has 18 heavy (non-hydrogen) atoms. The summed E-state index contributed by atoms with van der Waals surface area (Å²) in [6.07, 6.45) is 0.821. The minimum Gasteiger partial charge on any atom is -0.459 e. The summed E-state index contributed by atoms with van der Waals surface area (Å²) in [5.41, 5.74) is 5.67. The minimum atomic E-state index is -0.497. The molecule has 0 bridgehead atoms. The van der Waals surface area contributed by atoms with E-state index in [1.54, 1.807) is 25.3 Å². The molecular formula is C12H18N2O4. The Bertz CT molecular complexity index is 371. The van der Waals surface area contributed by atoms with Crippen LogP contribution in [0.5, 0.6) is 0 Å². The Labute approximate surface area is 106 Å². The van der Waals surface area contributed by atoms with Crippen LogP contribution in [0.3, 0.4) is 0 Å². The molecule has 0 spiro atoms. The Morgan fingerprint density at radius 1 is 1.28 bits per heavy atom. The highest BCUT2D eigenvalue weighted by atomic mass is 16.6. The number of methoxy groups -OCH3 is 1. The molecule has 6 heteroatoms. The molecule has 1 rings (SSSR count). The van der Waals surface area contributed by atoms with Crippen molar-refractivity contribution >= 4 is 11.8 Å². The molecule has 0 radical (unpaired) electrons. The average molecular weight is 254 g/mol. The van der Waals surface area contributed by atoms with Crippen molar-refractivity contribution in [2.45, 2.75) is 6.42 Å². The molecule has 1 aromatic rings. The van der Waals surface area contributed by atoms with Gasteiger partial charge in [-0.05, 0) is 18.6 Å². The SMILES string of the molecule is COCCCOCCOC(=O)c1cccc(N)n1. The molecule has 0 fully saturated rings. The Morgan fingerprint density at radius 3 is 2.83 bits per heavy atom. The second-order valence-electron chi connectivity index (χ2n) is 3.54. The van der Waals surface area contributed by atoms with Gasteiger partial charge in [0.15, 0.2) is 5.69 Å². The molecule has 0 amide bonds. The van der Waals surface area contributed by atoms with Crippen molar-refractivity contribution in [2.24, 2.45) is 0 Å². The van der Waals surface area contributed by atoms with Gasteiger partial charge < -0.3 is 19.9 Å². The maximum atomic E-state index is 11.5. The predicted octanol–water partition coefficient (Wildman–Crippen LogP) is 0.874. The van der Waals surface area contributed by atoms with Crippen molar-refractivity contribution in [3.8, 4) is 0 Å². The molecule has 2 N–H and O–H groups in total. The molecule has 0 aromatic carbocycles. The first-order valence-electron chi connectivity index (χ1n) is 5.70. The number of nitrogens with zero attached hydrogens (tertiary/aromatic N) is 1. The molecule has 6 nitrogen and oxygen atoms in total. The van der Waals surface area contributed by atoms with E-state index in [0.717, 1.165) is 6.42 Å². The number of nitrogen functional groups attached to an aromatic ring is 1. The number of hydrogen-bond acceptors (Lipinski definition) is 6. The van der Waals surface area contributed by atoms with Gasteiger partial charge >= 0.3 is 5.97 Å². The number of esters is 1. The monoisotopic (exact) mass is 254 g/mol. The Balaban J connectivity index is 2.14. The lowest BCUT2D eigenvalue weighted by molar-refractivity contribution is 0.0283. The molecule has 0 aliphatic carbocycles. The number of hydrogen-bond donors (Lipinski definition) is 1. The lowest BCUT2D eigenvalue weighted by Gasteiger charge is -2.05. The summed E-state index contributed by atoms with van der Waals surface area (Å²) < 4.78 is 15.1. The van der Waals surface area contributed by atoms with Crippen LogP contribution in [0.4, 0.5) is 5.82 Å². The van der Waals surface area contributed by atoms with E-state index in [1.807, 2.05) is 0 Å². The zero-order chi connectivity index (χ0) is 13.2. The van der Waals surface area contributed by atoms with E-state index in [9.17, 15) is 4.79 Å². The summed E-state index contributed by atoms with van der Waals surface area (Å²) in [5.74, 6) is -0.206.